The number of anilines is 1. The molecule has 2 amide bonds. The molecule has 2 aliphatic heterocycles. The number of hydrogen-bond acceptors (Lipinski definition) is 5. The third-order valence-electron chi connectivity index (χ3n) is 2.66. The molecule has 1 aromatic carbocycles. The molecule has 3 rings (SSSR count). The summed E-state index contributed by atoms with van der Waals surface area (Å²) in [5.74, 6) is 1.17. The Bertz CT molecular complexity index is 554. The summed E-state index contributed by atoms with van der Waals surface area (Å²) >= 11 is 2.87. The Balaban J connectivity index is 2.02. The summed E-state index contributed by atoms with van der Waals surface area (Å²) in [5, 5.41) is 9.43. The molecule has 0 radical (unpaired) electrons. The second-order valence-corrected chi connectivity index (χ2v) is 6.03. The average molecular weight is 279 g/mol. The summed E-state index contributed by atoms with van der Waals surface area (Å²) in [5.41, 5.74) is 0.417. The van der Waals surface area contributed by atoms with Crippen molar-refractivity contribution < 1.29 is 14.7 Å². The molecule has 18 heavy (non-hydrogen) atoms. The molecule has 2 heterocycles. The van der Waals surface area contributed by atoms with E-state index in [0.29, 0.717) is 15.5 Å². The SMILES string of the molecule is O=C1C2=C(SCCS2)C(=O)N1c1cccc(O)c1. The molecule has 1 N–H and O–H groups in total. The molecule has 0 aliphatic carbocycles. The third kappa shape index (κ3) is 1.72. The molecular weight excluding hydrogens is 270 g/mol. The van der Waals surface area contributed by atoms with Gasteiger partial charge in [-0.1, -0.05) is 6.07 Å². The average Bonchev–Trinajstić information content (AvgIpc) is 2.63. The normalized spacial score (nSPS) is 19.4. The summed E-state index contributed by atoms with van der Waals surface area (Å²) < 4.78 is 0. The molecule has 2 aliphatic rings. The fraction of sp³-hybridized carbons (Fsp3) is 0.167. The van der Waals surface area contributed by atoms with Gasteiger partial charge in [0.15, 0.2) is 0 Å². The van der Waals surface area contributed by atoms with Gasteiger partial charge >= 0.3 is 0 Å². The molecule has 0 saturated carbocycles. The van der Waals surface area contributed by atoms with Crippen LogP contribution in [0.15, 0.2) is 34.1 Å². The van der Waals surface area contributed by atoms with Crippen LogP contribution in [-0.2, 0) is 9.59 Å². The van der Waals surface area contributed by atoms with Crippen LogP contribution in [0.2, 0.25) is 0 Å². The van der Waals surface area contributed by atoms with Crippen LogP contribution >= 0.6 is 23.5 Å². The van der Waals surface area contributed by atoms with Gasteiger partial charge in [-0.2, -0.15) is 0 Å². The highest BCUT2D eigenvalue weighted by atomic mass is 32.2. The van der Waals surface area contributed by atoms with Crippen molar-refractivity contribution in [1.29, 1.82) is 0 Å². The quantitative estimate of drug-likeness (QED) is 0.796. The van der Waals surface area contributed by atoms with E-state index in [9.17, 15) is 14.7 Å². The number of phenols is 1. The number of carbonyl (C=O) groups excluding carboxylic acids is 2. The van der Waals surface area contributed by atoms with Crippen LogP contribution in [0, 0.1) is 0 Å². The molecule has 0 atom stereocenters. The van der Waals surface area contributed by atoms with E-state index in [1.54, 1.807) is 12.1 Å². The fourth-order valence-corrected chi connectivity index (χ4v) is 4.19. The van der Waals surface area contributed by atoms with Gasteiger partial charge in [-0.15, -0.1) is 23.5 Å². The minimum absolute atomic E-state index is 0.0401. The maximum atomic E-state index is 12.2. The van der Waals surface area contributed by atoms with Crippen LogP contribution in [0.25, 0.3) is 0 Å². The number of benzene rings is 1. The van der Waals surface area contributed by atoms with Crippen molar-refractivity contribution in [3.05, 3.63) is 34.1 Å². The van der Waals surface area contributed by atoms with Gasteiger partial charge in [-0.25, -0.2) is 4.90 Å². The Kier molecular flexibility index (Phi) is 2.83. The van der Waals surface area contributed by atoms with Crippen LogP contribution < -0.4 is 4.90 Å². The molecule has 6 heteroatoms. The predicted octanol–water partition coefficient (Wildman–Crippen LogP) is 1.96. The van der Waals surface area contributed by atoms with Gasteiger partial charge in [0.1, 0.15) is 5.75 Å². The molecular formula is C12H9NO3S2. The van der Waals surface area contributed by atoms with E-state index in [1.165, 1.54) is 35.7 Å². The van der Waals surface area contributed by atoms with Crippen LogP contribution in [0.5, 0.6) is 5.75 Å². The second-order valence-electron chi connectivity index (χ2n) is 3.82. The summed E-state index contributed by atoms with van der Waals surface area (Å²) in [7, 11) is 0. The van der Waals surface area contributed by atoms with Crippen LogP contribution in [0.4, 0.5) is 5.69 Å². The van der Waals surface area contributed by atoms with E-state index in [-0.39, 0.29) is 17.6 Å². The van der Waals surface area contributed by atoms with Crippen molar-refractivity contribution >= 4 is 41.0 Å². The Morgan fingerprint density at radius 1 is 1.06 bits per heavy atom. The maximum Gasteiger partial charge on any atom is 0.273 e. The Hall–Kier alpha value is -1.40. The Labute approximate surface area is 112 Å². The number of hydrogen-bond donors (Lipinski definition) is 1. The Morgan fingerprint density at radius 2 is 1.67 bits per heavy atom. The van der Waals surface area contributed by atoms with Crippen molar-refractivity contribution in [3.63, 3.8) is 0 Å². The van der Waals surface area contributed by atoms with Crippen molar-refractivity contribution in [2.24, 2.45) is 0 Å². The smallest absolute Gasteiger partial charge is 0.273 e. The maximum absolute atomic E-state index is 12.2. The van der Waals surface area contributed by atoms with E-state index in [0.717, 1.165) is 16.4 Å². The standard InChI is InChI=1S/C12H9NO3S2/c14-8-3-1-2-7(6-8)13-11(15)9-10(12(13)16)18-5-4-17-9/h1-3,6,14H,4-5H2. The van der Waals surface area contributed by atoms with Crippen LogP contribution in [-0.4, -0.2) is 28.4 Å². The highest BCUT2D eigenvalue weighted by Crippen LogP contribution is 2.42. The zero-order valence-corrected chi connectivity index (χ0v) is 10.9. The number of aromatic hydroxyl groups is 1. The lowest BCUT2D eigenvalue weighted by atomic mass is 10.3. The van der Waals surface area contributed by atoms with Crippen LogP contribution in [0.3, 0.4) is 0 Å². The van der Waals surface area contributed by atoms with Gasteiger partial charge < -0.3 is 5.11 Å². The lowest BCUT2D eigenvalue weighted by Crippen LogP contribution is -2.30. The number of phenolic OH excluding ortho intramolecular Hbond substituents is 1. The largest absolute Gasteiger partial charge is 0.508 e. The molecule has 0 bridgehead atoms. The zero-order valence-electron chi connectivity index (χ0n) is 9.25. The molecule has 1 aromatic rings. The summed E-state index contributed by atoms with van der Waals surface area (Å²) in [4.78, 5) is 26.6. The van der Waals surface area contributed by atoms with E-state index in [1.807, 2.05) is 0 Å². The van der Waals surface area contributed by atoms with Crippen molar-refractivity contribution in [2.75, 3.05) is 16.4 Å². The molecule has 0 aromatic heterocycles. The predicted molar refractivity (Wildman–Crippen MR) is 72.5 cm³/mol. The number of carbonyl (C=O) groups is 2. The molecule has 4 nitrogen and oxygen atoms in total. The number of rotatable bonds is 1. The zero-order chi connectivity index (χ0) is 12.7. The lowest BCUT2D eigenvalue weighted by Gasteiger charge is -2.14. The van der Waals surface area contributed by atoms with Gasteiger partial charge in [-0.05, 0) is 12.1 Å². The second kappa shape index (κ2) is 4.37. The first-order valence-electron chi connectivity index (χ1n) is 5.36. The number of amides is 2. The first-order chi connectivity index (χ1) is 8.68. The van der Waals surface area contributed by atoms with Crippen molar-refractivity contribution in [2.45, 2.75) is 0 Å². The van der Waals surface area contributed by atoms with Crippen molar-refractivity contribution in [1.82, 2.24) is 0 Å². The monoisotopic (exact) mass is 279 g/mol. The third-order valence-corrected chi connectivity index (χ3v) is 5.20. The van der Waals surface area contributed by atoms with Gasteiger partial charge in [0.2, 0.25) is 0 Å². The number of thioether (sulfide) groups is 2. The summed E-state index contributed by atoms with van der Waals surface area (Å²) in [6.07, 6.45) is 0. The summed E-state index contributed by atoms with van der Waals surface area (Å²) in [6, 6.07) is 6.18. The van der Waals surface area contributed by atoms with E-state index in [4.69, 9.17) is 0 Å². The number of imide groups is 1. The van der Waals surface area contributed by atoms with E-state index >= 15 is 0 Å². The summed E-state index contributed by atoms with van der Waals surface area (Å²) in [6.45, 7) is 0. The minimum Gasteiger partial charge on any atom is -0.508 e. The van der Waals surface area contributed by atoms with E-state index in [2.05, 4.69) is 0 Å². The van der Waals surface area contributed by atoms with Crippen molar-refractivity contribution in [3.8, 4) is 5.75 Å². The van der Waals surface area contributed by atoms with Gasteiger partial charge in [0.05, 0.1) is 15.5 Å². The van der Waals surface area contributed by atoms with Gasteiger partial charge in [0, 0.05) is 17.6 Å². The van der Waals surface area contributed by atoms with Gasteiger partial charge in [0.25, 0.3) is 11.8 Å². The van der Waals surface area contributed by atoms with Crippen LogP contribution in [0.1, 0.15) is 0 Å². The molecule has 0 fully saturated rings. The molecule has 0 unspecified atom stereocenters. The highest BCUT2D eigenvalue weighted by molar-refractivity contribution is 8.11. The fourth-order valence-electron chi connectivity index (χ4n) is 1.90. The number of nitrogens with zero attached hydrogens (tertiary/aromatic N) is 1. The van der Waals surface area contributed by atoms with Gasteiger partial charge in [-0.3, -0.25) is 9.59 Å². The molecule has 92 valence electrons. The molecule has 0 spiro atoms. The highest BCUT2D eigenvalue weighted by Gasteiger charge is 2.41. The first kappa shape index (κ1) is 11.7. The minimum atomic E-state index is -0.280. The molecule has 0 saturated heterocycles. The topological polar surface area (TPSA) is 57.6 Å². The Morgan fingerprint density at radius 3 is 2.22 bits per heavy atom. The first-order valence-corrected chi connectivity index (χ1v) is 7.33. The van der Waals surface area contributed by atoms with E-state index < -0.39 is 0 Å². The lowest BCUT2D eigenvalue weighted by molar-refractivity contribution is -0.120.